The van der Waals surface area contributed by atoms with Crippen LogP contribution in [-0.2, 0) is 0 Å². The molecule has 3 aromatic rings. The van der Waals surface area contributed by atoms with E-state index in [4.69, 9.17) is 29.1 Å². The highest BCUT2D eigenvalue weighted by Gasteiger charge is 2.31. The van der Waals surface area contributed by atoms with Crippen LogP contribution in [0.2, 0.25) is 0 Å². The van der Waals surface area contributed by atoms with Crippen molar-refractivity contribution >= 4 is 24.9 Å². The van der Waals surface area contributed by atoms with E-state index in [2.05, 4.69) is 26.0 Å². The molecule has 0 atom stereocenters. The summed E-state index contributed by atoms with van der Waals surface area (Å²) in [4.78, 5) is 19.7. The molecule has 38 heavy (non-hydrogen) atoms. The molecule has 0 aliphatic carbocycles. The zero-order valence-electron chi connectivity index (χ0n) is 22.6. The Morgan fingerprint density at radius 1 is 0.526 bits per heavy atom. The quantitative estimate of drug-likeness (QED) is 0.249. The maximum Gasteiger partial charge on any atom is 0.453 e. The monoisotopic (exact) mass is 506 g/mol. The summed E-state index contributed by atoms with van der Waals surface area (Å²) in [6, 6.07) is 20.2. The van der Waals surface area contributed by atoms with Gasteiger partial charge in [-0.1, -0.05) is 76.6 Å². The van der Waals surface area contributed by atoms with Gasteiger partial charge in [0.2, 0.25) is 0 Å². The topological polar surface area (TPSA) is 67.9 Å². The third-order valence-corrected chi connectivity index (χ3v) is 7.02. The van der Waals surface area contributed by atoms with Crippen molar-refractivity contribution in [3.05, 3.63) is 82.1 Å². The highest BCUT2D eigenvalue weighted by Crippen LogP contribution is 2.19. The molecule has 194 valence electrons. The first-order valence-electron chi connectivity index (χ1n) is 14.2. The van der Waals surface area contributed by atoms with Crippen molar-refractivity contribution in [1.29, 1.82) is 0 Å². The molecule has 2 aliphatic rings. The number of unbranched alkanes of at least 4 members (excludes halogenated alkanes) is 6. The van der Waals surface area contributed by atoms with Crippen LogP contribution in [-0.4, -0.2) is 27.2 Å². The summed E-state index contributed by atoms with van der Waals surface area (Å²) in [6.45, 7) is 5.04. The second-order valence-corrected chi connectivity index (χ2v) is 9.99. The second kappa shape index (κ2) is 12.9. The lowest BCUT2D eigenvalue weighted by Crippen LogP contribution is -2.35. The number of rotatable bonds is 14. The summed E-state index contributed by atoms with van der Waals surface area (Å²) in [6.07, 6.45) is 9.17. The van der Waals surface area contributed by atoms with Crippen LogP contribution < -0.4 is 41.8 Å². The van der Waals surface area contributed by atoms with E-state index < -0.39 is 0 Å². The van der Waals surface area contributed by atoms with Crippen LogP contribution in [0.4, 0.5) is 0 Å². The van der Waals surface area contributed by atoms with Crippen LogP contribution in [0.15, 0.2) is 80.3 Å². The maximum absolute atomic E-state index is 6.43. The fourth-order valence-corrected chi connectivity index (χ4v) is 4.89. The van der Waals surface area contributed by atoms with E-state index in [1.54, 1.807) is 0 Å². The van der Waals surface area contributed by atoms with Gasteiger partial charge in [0, 0.05) is 10.9 Å². The van der Waals surface area contributed by atoms with Crippen molar-refractivity contribution < 1.29 is 9.47 Å². The summed E-state index contributed by atoms with van der Waals surface area (Å²) in [5.41, 5.74) is 1.86. The van der Waals surface area contributed by atoms with E-state index in [-0.39, 0.29) is 14.0 Å². The molecule has 3 aromatic carbocycles. The molecule has 0 saturated carbocycles. The predicted octanol–water partition coefficient (Wildman–Crippen LogP) is 2.90. The highest BCUT2D eigenvalue weighted by atomic mass is 16.5. The average Bonchev–Trinajstić information content (AvgIpc) is 3.57. The van der Waals surface area contributed by atoms with Crippen molar-refractivity contribution in [2.24, 2.45) is 19.6 Å². The van der Waals surface area contributed by atoms with E-state index in [0.29, 0.717) is 13.2 Å². The Morgan fingerprint density at radius 2 is 0.895 bits per heavy atom. The molecule has 0 spiro atoms. The van der Waals surface area contributed by atoms with Crippen LogP contribution in [0.25, 0.3) is 0 Å². The molecule has 0 bridgehead atoms. The van der Waals surface area contributed by atoms with Gasteiger partial charge in [0.25, 0.3) is 0 Å². The predicted molar refractivity (Wildman–Crippen MR) is 154 cm³/mol. The van der Waals surface area contributed by atoms with Crippen LogP contribution >= 0.6 is 0 Å². The molecule has 2 aliphatic heterocycles. The van der Waals surface area contributed by atoms with Crippen molar-refractivity contribution in [2.45, 2.75) is 65.2 Å². The number of fused-ring (bicyclic) bond motifs is 2. The van der Waals surface area contributed by atoms with Gasteiger partial charge in [-0.3, -0.25) is 0 Å². The lowest BCUT2D eigenvalue weighted by atomic mass is 9.65. The van der Waals surface area contributed by atoms with Crippen LogP contribution in [0.3, 0.4) is 0 Å². The largest absolute Gasteiger partial charge is 0.494 e. The normalized spacial score (nSPS) is 13.2. The molecule has 0 amide bonds. The minimum absolute atomic E-state index is 0.357. The fourth-order valence-electron chi connectivity index (χ4n) is 4.89. The Labute approximate surface area is 225 Å². The minimum Gasteiger partial charge on any atom is -0.494 e. The van der Waals surface area contributed by atoms with Gasteiger partial charge in [0.15, 0.2) is 0 Å². The number of hydrogen-bond acceptors (Lipinski definition) is 6. The fraction of sp³-hybridized carbons (Fsp3) is 0.400. The molecular formula is C30H36B2N4O2. The lowest BCUT2D eigenvalue weighted by Gasteiger charge is -2.18. The molecule has 0 aromatic heterocycles. The summed E-state index contributed by atoms with van der Waals surface area (Å²) < 4.78 is 12.9. The Balaban J connectivity index is 1.51. The summed E-state index contributed by atoms with van der Waals surface area (Å²) in [7, 11) is 0. The van der Waals surface area contributed by atoms with Crippen LogP contribution in [0, 0.1) is 0 Å². The smallest absolute Gasteiger partial charge is 0.453 e. The first-order valence-corrected chi connectivity index (χ1v) is 14.2. The Morgan fingerprint density at radius 3 is 1.24 bits per heavy atom. The summed E-state index contributed by atoms with van der Waals surface area (Å²) in [5.74, 6) is 1.59. The molecule has 0 fully saturated rings. The molecule has 5 rings (SSSR count). The maximum atomic E-state index is 6.43. The van der Waals surface area contributed by atoms with Gasteiger partial charge in [0.1, 0.15) is 11.5 Å². The first-order chi connectivity index (χ1) is 18.8. The molecule has 8 heteroatoms. The second-order valence-electron chi connectivity index (χ2n) is 9.99. The van der Waals surface area contributed by atoms with Gasteiger partial charge < -0.3 is 29.1 Å². The lowest BCUT2D eigenvalue weighted by molar-refractivity contribution is 0.300. The SMILES string of the molecule is CCCCCCOc1cc(B2N=c3ccccc3=N2)c(OCCCCCC)cc1B1N=c2ccccc2=N1. The third kappa shape index (κ3) is 6.17. The van der Waals surface area contributed by atoms with Gasteiger partial charge in [0.05, 0.1) is 34.6 Å². The molecule has 2 heterocycles. The zero-order chi connectivity index (χ0) is 26.2. The van der Waals surface area contributed by atoms with E-state index in [0.717, 1.165) is 69.5 Å². The molecular weight excluding hydrogens is 470 g/mol. The first kappa shape index (κ1) is 26.2. The molecule has 0 saturated heterocycles. The van der Waals surface area contributed by atoms with E-state index in [9.17, 15) is 0 Å². The number of ether oxygens (including phenoxy) is 2. The van der Waals surface area contributed by atoms with Crippen molar-refractivity contribution in [3.8, 4) is 11.5 Å². The van der Waals surface area contributed by atoms with Crippen molar-refractivity contribution in [1.82, 2.24) is 0 Å². The summed E-state index contributed by atoms with van der Waals surface area (Å²) in [5, 5.41) is 3.64. The standard InChI is InChI=1S/C30H36B2N4O2/c1-3-5-7-13-19-37-29-21-24(32-35-27-17-11-12-18-28(27)36-32)30(38-20-14-8-6-4-2)22-23(29)31-33-25-15-9-10-16-26(25)34-31/h9-12,15-18,21-22H,3-8,13-14,19-20H2,1-2H3. The van der Waals surface area contributed by atoms with Crippen LogP contribution in [0.5, 0.6) is 11.5 Å². The number of benzene rings is 3. The van der Waals surface area contributed by atoms with Crippen molar-refractivity contribution in [3.63, 3.8) is 0 Å². The summed E-state index contributed by atoms with van der Waals surface area (Å²) >= 11 is 0. The van der Waals surface area contributed by atoms with Crippen molar-refractivity contribution in [2.75, 3.05) is 13.2 Å². The molecule has 0 N–H and O–H groups in total. The van der Waals surface area contributed by atoms with Gasteiger partial charge in [-0.05, 0) is 49.2 Å². The Hall–Kier alpha value is -3.41. The van der Waals surface area contributed by atoms with Gasteiger partial charge in [-0.2, -0.15) is 0 Å². The van der Waals surface area contributed by atoms with Crippen LogP contribution in [0.1, 0.15) is 65.2 Å². The van der Waals surface area contributed by atoms with Gasteiger partial charge >= 0.3 is 14.0 Å². The Kier molecular flexibility index (Phi) is 8.90. The third-order valence-electron chi connectivity index (χ3n) is 7.02. The Bertz CT molecular complexity index is 1310. The number of nitrogens with zero attached hydrogens (tertiary/aromatic N) is 4. The van der Waals surface area contributed by atoms with Gasteiger partial charge in [-0.15, -0.1) is 0 Å². The molecule has 0 radical (unpaired) electrons. The highest BCUT2D eigenvalue weighted by molar-refractivity contribution is 6.73. The zero-order valence-corrected chi connectivity index (χ0v) is 22.6. The minimum atomic E-state index is -0.357. The van der Waals surface area contributed by atoms with Gasteiger partial charge in [-0.25, -0.2) is 0 Å². The molecule has 0 unspecified atom stereocenters. The molecule has 6 nitrogen and oxygen atoms in total. The number of hydrogen-bond donors (Lipinski definition) is 0. The van der Waals surface area contributed by atoms with E-state index in [1.807, 2.05) is 48.5 Å². The van der Waals surface area contributed by atoms with E-state index in [1.165, 1.54) is 25.7 Å². The van der Waals surface area contributed by atoms with E-state index >= 15 is 0 Å². The average molecular weight is 506 g/mol.